The topological polar surface area (TPSA) is 118 Å². The number of aryl methyl sites for hydroxylation is 1. The molecule has 4 aromatic carbocycles. The number of hydrogen-bond donors (Lipinski definition) is 2. The third kappa shape index (κ3) is 3.37. The number of nitrogens with one attached hydrogen (secondary N) is 1. The number of rotatable bonds is 4. The van der Waals surface area contributed by atoms with Crippen LogP contribution in [0.5, 0.6) is 5.75 Å². The summed E-state index contributed by atoms with van der Waals surface area (Å²) in [5.74, 6) is 0.361. The lowest BCUT2D eigenvalue weighted by molar-refractivity contribution is 0.488. The van der Waals surface area contributed by atoms with E-state index in [4.69, 9.17) is 0 Å². The lowest BCUT2D eigenvalue weighted by atomic mass is 10.00. The Kier molecular flexibility index (Phi) is 4.96. The molecule has 0 spiro atoms. The summed E-state index contributed by atoms with van der Waals surface area (Å²) in [4.78, 5) is 31.9. The van der Waals surface area contributed by atoms with E-state index >= 15 is 0 Å². The summed E-state index contributed by atoms with van der Waals surface area (Å²) in [5.41, 5.74) is 0.848. The second-order valence-electron chi connectivity index (χ2n) is 8.46. The molecule has 9 heteroatoms. The van der Waals surface area contributed by atoms with Crippen LogP contribution < -0.4 is 11.2 Å². The number of aromatic nitrogens is 4. The Morgan fingerprint density at radius 3 is 2.06 bits per heavy atom. The number of aromatic amines is 1. The van der Waals surface area contributed by atoms with Crippen molar-refractivity contribution in [2.75, 3.05) is 0 Å². The molecule has 0 aliphatic heterocycles. The smallest absolute Gasteiger partial charge is 0.329 e. The molecule has 0 radical (unpaired) electrons. The van der Waals surface area contributed by atoms with Crippen LogP contribution in [0.2, 0.25) is 0 Å². The highest BCUT2D eigenvalue weighted by molar-refractivity contribution is 6.14. The molecule has 36 heavy (non-hydrogen) atoms. The van der Waals surface area contributed by atoms with Gasteiger partial charge in [0.05, 0.1) is 6.54 Å². The molecule has 0 atom stereocenters. The standard InChI is InChI=1S/C27H20N6O3/c1-32-24-22(25(35)29-27(32)36)33(15-16-9-3-2-4-10-16)26(28-24)31-30-21-17-11-5-7-13-19(17)23(34)20-14-8-6-12-18(20)21/h2-14,34H,15H2,1H3,(H,29,35,36). The maximum Gasteiger partial charge on any atom is 0.329 e. The molecule has 0 saturated heterocycles. The normalized spacial score (nSPS) is 11.8. The van der Waals surface area contributed by atoms with Crippen molar-refractivity contribution < 1.29 is 5.11 Å². The molecule has 0 fully saturated rings. The van der Waals surface area contributed by atoms with Crippen LogP contribution >= 0.6 is 0 Å². The number of aromatic hydroxyl groups is 1. The summed E-state index contributed by atoms with van der Waals surface area (Å²) in [7, 11) is 1.54. The molecule has 176 valence electrons. The van der Waals surface area contributed by atoms with Gasteiger partial charge in [0, 0.05) is 28.6 Å². The van der Waals surface area contributed by atoms with Crippen molar-refractivity contribution in [1.82, 2.24) is 19.1 Å². The van der Waals surface area contributed by atoms with Crippen LogP contribution in [0.15, 0.2) is 98.7 Å². The zero-order valence-corrected chi connectivity index (χ0v) is 19.2. The lowest BCUT2D eigenvalue weighted by Crippen LogP contribution is -2.29. The number of phenols is 1. The highest BCUT2D eigenvalue weighted by Gasteiger charge is 2.18. The van der Waals surface area contributed by atoms with E-state index in [1.165, 1.54) is 4.57 Å². The summed E-state index contributed by atoms with van der Waals surface area (Å²) in [6.45, 7) is 0.310. The average molecular weight is 476 g/mol. The molecule has 2 aromatic heterocycles. The van der Waals surface area contributed by atoms with Crippen molar-refractivity contribution in [3.8, 4) is 5.75 Å². The molecule has 0 unspecified atom stereocenters. The Balaban J connectivity index is 1.62. The molecular weight excluding hydrogens is 456 g/mol. The second-order valence-corrected chi connectivity index (χ2v) is 8.46. The van der Waals surface area contributed by atoms with Gasteiger partial charge >= 0.3 is 5.69 Å². The molecule has 0 amide bonds. The predicted molar refractivity (Wildman–Crippen MR) is 138 cm³/mol. The van der Waals surface area contributed by atoms with Gasteiger partial charge in [0.25, 0.3) is 11.5 Å². The number of benzene rings is 4. The average Bonchev–Trinajstić information content (AvgIpc) is 3.26. The number of azo groups is 1. The first kappa shape index (κ1) is 21.5. The van der Waals surface area contributed by atoms with Gasteiger partial charge in [0.2, 0.25) is 0 Å². The Morgan fingerprint density at radius 1 is 0.833 bits per heavy atom. The quantitative estimate of drug-likeness (QED) is 0.278. The van der Waals surface area contributed by atoms with Gasteiger partial charge in [-0.2, -0.15) is 4.98 Å². The Labute approximate surface area is 203 Å². The van der Waals surface area contributed by atoms with Crippen molar-refractivity contribution in [3.63, 3.8) is 0 Å². The van der Waals surface area contributed by atoms with Crippen LogP contribution in [0.1, 0.15) is 5.56 Å². The zero-order valence-electron chi connectivity index (χ0n) is 19.2. The number of H-pyrrole nitrogens is 1. The zero-order chi connectivity index (χ0) is 24.8. The van der Waals surface area contributed by atoms with E-state index < -0.39 is 11.2 Å². The fourth-order valence-electron chi connectivity index (χ4n) is 4.50. The molecule has 2 N–H and O–H groups in total. The number of phenolic OH excluding ortho intramolecular Hbond substituents is 1. The van der Waals surface area contributed by atoms with Gasteiger partial charge in [-0.15, -0.1) is 10.2 Å². The van der Waals surface area contributed by atoms with Gasteiger partial charge in [0.15, 0.2) is 11.2 Å². The monoisotopic (exact) mass is 476 g/mol. The van der Waals surface area contributed by atoms with Gasteiger partial charge < -0.3 is 5.11 Å². The molecule has 6 aromatic rings. The fourth-order valence-corrected chi connectivity index (χ4v) is 4.50. The fraction of sp³-hybridized carbons (Fsp3) is 0.0741. The first-order valence-electron chi connectivity index (χ1n) is 11.3. The van der Waals surface area contributed by atoms with E-state index in [0.29, 0.717) is 23.0 Å². The molecule has 9 nitrogen and oxygen atoms in total. The Bertz CT molecular complexity index is 1880. The SMILES string of the molecule is Cn1c(=O)[nH]c(=O)c2c1nc(N=Nc1c3ccccc3c(O)c3ccccc13)n2Cc1ccccc1. The van der Waals surface area contributed by atoms with Gasteiger partial charge in [-0.3, -0.25) is 18.9 Å². The summed E-state index contributed by atoms with van der Waals surface area (Å²) in [5, 5.41) is 22.7. The van der Waals surface area contributed by atoms with Crippen LogP contribution in [0.25, 0.3) is 32.7 Å². The van der Waals surface area contributed by atoms with E-state index in [2.05, 4.69) is 20.2 Å². The number of fused-ring (bicyclic) bond motifs is 3. The molecule has 2 heterocycles. The Morgan fingerprint density at radius 2 is 1.42 bits per heavy atom. The largest absolute Gasteiger partial charge is 0.507 e. The van der Waals surface area contributed by atoms with Crippen molar-refractivity contribution in [1.29, 1.82) is 0 Å². The third-order valence-electron chi connectivity index (χ3n) is 6.28. The van der Waals surface area contributed by atoms with Crippen molar-refractivity contribution in [2.24, 2.45) is 17.3 Å². The maximum atomic E-state index is 12.8. The molecular formula is C27H20N6O3. The minimum absolute atomic E-state index is 0.179. The van der Waals surface area contributed by atoms with Gasteiger partial charge in [-0.05, 0) is 5.56 Å². The van der Waals surface area contributed by atoms with E-state index in [-0.39, 0.29) is 22.9 Å². The van der Waals surface area contributed by atoms with Crippen LogP contribution in [0.4, 0.5) is 11.6 Å². The minimum atomic E-state index is -0.559. The van der Waals surface area contributed by atoms with Crippen molar-refractivity contribution >= 4 is 44.3 Å². The first-order valence-corrected chi connectivity index (χ1v) is 11.3. The highest BCUT2D eigenvalue weighted by Crippen LogP contribution is 2.42. The summed E-state index contributed by atoms with van der Waals surface area (Å²) in [6, 6.07) is 24.4. The van der Waals surface area contributed by atoms with Crippen LogP contribution in [-0.2, 0) is 13.6 Å². The van der Waals surface area contributed by atoms with E-state index in [9.17, 15) is 14.7 Å². The van der Waals surface area contributed by atoms with Crippen LogP contribution in [0, 0.1) is 0 Å². The molecule has 0 bridgehead atoms. The molecule has 0 aliphatic carbocycles. The molecule has 0 saturated carbocycles. The Hall–Kier alpha value is -5.05. The number of nitrogens with zero attached hydrogens (tertiary/aromatic N) is 5. The predicted octanol–water partition coefficient (Wildman–Crippen LogP) is 4.90. The number of imidazole rings is 1. The lowest BCUT2D eigenvalue weighted by Gasteiger charge is -2.10. The molecule has 0 aliphatic rings. The molecule has 6 rings (SSSR count). The van der Waals surface area contributed by atoms with Crippen LogP contribution in [0.3, 0.4) is 0 Å². The first-order chi connectivity index (χ1) is 17.5. The summed E-state index contributed by atoms with van der Waals surface area (Å²) < 4.78 is 2.93. The van der Waals surface area contributed by atoms with Gasteiger partial charge in [-0.25, -0.2) is 4.79 Å². The van der Waals surface area contributed by atoms with Crippen molar-refractivity contribution in [2.45, 2.75) is 6.54 Å². The third-order valence-corrected chi connectivity index (χ3v) is 6.28. The number of hydrogen-bond acceptors (Lipinski definition) is 6. The van der Waals surface area contributed by atoms with Gasteiger partial charge in [-0.1, -0.05) is 78.9 Å². The minimum Gasteiger partial charge on any atom is -0.507 e. The second kappa shape index (κ2) is 8.31. The van der Waals surface area contributed by atoms with E-state index in [1.54, 1.807) is 11.6 Å². The van der Waals surface area contributed by atoms with Crippen molar-refractivity contribution in [3.05, 3.63) is 105 Å². The highest BCUT2D eigenvalue weighted by atomic mass is 16.3. The summed E-state index contributed by atoms with van der Waals surface area (Å²) in [6.07, 6.45) is 0. The van der Waals surface area contributed by atoms with E-state index in [1.807, 2.05) is 78.9 Å². The maximum absolute atomic E-state index is 12.8. The summed E-state index contributed by atoms with van der Waals surface area (Å²) >= 11 is 0. The van der Waals surface area contributed by atoms with Gasteiger partial charge in [0.1, 0.15) is 11.4 Å². The van der Waals surface area contributed by atoms with E-state index in [0.717, 1.165) is 16.3 Å². The van der Waals surface area contributed by atoms with Crippen LogP contribution in [-0.4, -0.2) is 24.2 Å².